The van der Waals surface area contributed by atoms with Crippen LogP contribution in [0.15, 0.2) is 17.1 Å². The van der Waals surface area contributed by atoms with Crippen molar-refractivity contribution in [3.05, 3.63) is 49.6 Å². The minimum absolute atomic E-state index is 0.0287. The molecule has 0 unspecified atom stereocenters. The van der Waals surface area contributed by atoms with Crippen LogP contribution in [0, 0.1) is 13.8 Å². The van der Waals surface area contributed by atoms with Gasteiger partial charge in [-0.1, -0.05) is 23.2 Å². The third kappa shape index (κ3) is 3.45. The Balaban J connectivity index is 1.91. The summed E-state index contributed by atoms with van der Waals surface area (Å²) in [5.41, 5.74) is 1.29. The lowest BCUT2D eigenvalue weighted by Gasteiger charge is -2.16. The average Bonchev–Trinajstić information content (AvgIpc) is 3.06. The Morgan fingerprint density at radius 2 is 2.04 bits per heavy atom. The lowest BCUT2D eigenvalue weighted by atomic mass is 10.1. The van der Waals surface area contributed by atoms with E-state index in [1.807, 2.05) is 11.5 Å². The molecule has 140 valence electrons. The van der Waals surface area contributed by atoms with E-state index in [1.165, 1.54) is 6.20 Å². The molecule has 0 bridgehead atoms. The quantitative estimate of drug-likeness (QED) is 0.711. The standard InChI is InChI=1S/C16H17Cl2N3O4S/c1-9-5-12(10(2)21(9)11-3-4-26(24,25)8-11)14(22)7-20-16(23)15(18)13(17)6-19-20/h5-6,11H,3-4,7-8H2,1-2H3/t11-/m1/s1. The molecule has 10 heteroatoms. The normalized spacial score (nSPS) is 19.0. The summed E-state index contributed by atoms with van der Waals surface area (Å²) in [6.45, 7) is 3.33. The maximum Gasteiger partial charge on any atom is 0.287 e. The molecule has 1 saturated heterocycles. The van der Waals surface area contributed by atoms with Crippen molar-refractivity contribution < 1.29 is 13.2 Å². The molecule has 1 fully saturated rings. The van der Waals surface area contributed by atoms with Crippen molar-refractivity contribution in [3.8, 4) is 0 Å². The van der Waals surface area contributed by atoms with Gasteiger partial charge >= 0.3 is 0 Å². The number of carbonyl (C=O) groups is 1. The first-order valence-corrected chi connectivity index (χ1v) is 10.5. The van der Waals surface area contributed by atoms with Gasteiger partial charge in [-0.25, -0.2) is 13.1 Å². The van der Waals surface area contributed by atoms with Crippen molar-refractivity contribution in [3.63, 3.8) is 0 Å². The molecule has 2 aromatic rings. The molecule has 0 aromatic carbocycles. The number of ketones is 1. The number of Topliss-reactive ketones (excluding diaryl/α,β-unsaturated/α-hetero) is 1. The predicted molar refractivity (Wildman–Crippen MR) is 99.1 cm³/mol. The minimum Gasteiger partial charge on any atom is -0.344 e. The van der Waals surface area contributed by atoms with E-state index in [4.69, 9.17) is 23.2 Å². The molecular formula is C16H17Cl2N3O4S. The van der Waals surface area contributed by atoms with E-state index in [-0.39, 0.29) is 39.9 Å². The Morgan fingerprint density at radius 3 is 2.65 bits per heavy atom. The van der Waals surface area contributed by atoms with Crippen LogP contribution in [0.25, 0.3) is 0 Å². The van der Waals surface area contributed by atoms with Gasteiger partial charge in [0.1, 0.15) is 11.6 Å². The number of aromatic nitrogens is 3. The van der Waals surface area contributed by atoms with E-state index in [2.05, 4.69) is 5.10 Å². The van der Waals surface area contributed by atoms with Crippen molar-refractivity contribution in [2.24, 2.45) is 0 Å². The summed E-state index contributed by atoms with van der Waals surface area (Å²) in [5.74, 6) is -0.0797. The maximum atomic E-state index is 12.7. The van der Waals surface area contributed by atoms with Gasteiger partial charge in [-0.05, 0) is 26.3 Å². The summed E-state index contributed by atoms with van der Waals surface area (Å²) >= 11 is 11.5. The van der Waals surface area contributed by atoms with Gasteiger partial charge in [-0.3, -0.25) is 9.59 Å². The fourth-order valence-corrected chi connectivity index (χ4v) is 5.35. The molecule has 1 aliphatic rings. The first kappa shape index (κ1) is 19.1. The number of hydrogen-bond acceptors (Lipinski definition) is 5. The van der Waals surface area contributed by atoms with Gasteiger partial charge in [0.2, 0.25) is 0 Å². The molecule has 26 heavy (non-hydrogen) atoms. The zero-order valence-electron chi connectivity index (χ0n) is 14.2. The van der Waals surface area contributed by atoms with Gasteiger partial charge in [0, 0.05) is 23.0 Å². The van der Waals surface area contributed by atoms with Gasteiger partial charge in [0.05, 0.1) is 22.7 Å². The number of rotatable bonds is 4. The van der Waals surface area contributed by atoms with E-state index >= 15 is 0 Å². The highest BCUT2D eigenvalue weighted by atomic mass is 35.5. The molecule has 2 aromatic heterocycles. The number of hydrogen-bond donors (Lipinski definition) is 0. The van der Waals surface area contributed by atoms with Crippen LogP contribution in [0.3, 0.4) is 0 Å². The number of aryl methyl sites for hydroxylation is 1. The first-order valence-electron chi connectivity index (χ1n) is 7.94. The van der Waals surface area contributed by atoms with Gasteiger partial charge in [0.25, 0.3) is 5.56 Å². The van der Waals surface area contributed by atoms with Crippen LogP contribution in [0.5, 0.6) is 0 Å². The van der Waals surface area contributed by atoms with E-state index in [1.54, 1.807) is 13.0 Å². The molecule has 7 nitrogen and oxygen atoms in total. The van der Waals surface area contributed by atoms with Crippen molar-refractivity contribution in [1.82, 2.24) is 14.3 Å². The number of carbonyl (C=O) groups excluding carboxylic acids is 1. The molecule has 0 saturated carbocycles. The zero-order valence-corrected chi connectivity index (χ0v) is 16.5. The molecular weight excluding hydrogens is 401 g/mol. The van der Waals surface area contributed by atoms with Gasteiger partial charge < -0.3 is 4.57 Å². The van der Waals surface area contributed by atoms with Crippen molar-refractivity contribution in [1.29, 1.82) is 0 Å². The van der Waals surface area contributed by atoms with Crippen LogP contribution in [0.1, 0.15) is 34.2 Å². The second-order valence-corrected chi connectivity index (χ2v) is 9.42. The van der Waals surface area contributed by atoms with Crippen LogP contribution in [-0.2, 0) is 16.4 Å². The van der Waals surface area contributed by atoms with E-state index in [0.29, 0.717) is 17.7 Å². The minimum atomic E-state index is -3.04. The molecule has 0 spiro atoms. The smallest absolute Gasteiger partial charge is 0.287 e. The summed E-state index contributed by atoms with van der Waals surface area (Å²) in [4.78, 5) is 24.7. The molecule has 0 aliphatic carbocycles. The fourth-order valence-electron chi connectivity index (χ4n) is 3.38. The lowest BCUT2D eigenvalue weighted by molar-refractivity contribution is 0.0965. The average molecular weight is 418 g/mol. The highest BCUT2D eigenvalue weighted by Gasteiger charge is 2.31. The zero-order chi connectivity index (χ0) is 19.2. The Bertz CT molecular complexity index is 1060. The summed E-state index contributed by atoms with van der Waals surface area (Å²) in [5, 5.41) is 3.68. The van der Waals surface area contributed by atoms with Crippen LogP contribution in [0.4, 0.5) is 0 Å². The summed E-state index contributed by atoms with van der Waals surface area (Å²) in [7, 11) is -3.04. The molecule has 0 N–H and O–H groups in total. The Morgan fingerprint density at radius 1 is 1.35 bits per heavy atom. The number of sulfone groups is 1. The van der Waals surface area contributed by atoms with Crippen LogP contribution in [0.2, 0.25) is 10.0 Å². The Kier molecular flexibility index (Phi) is 5.02. The van der Waals surface area contributed by atoms with E-state index in [9.17, 15) is 18.0 Å². The summed E-state index contributed by atoms with van der Waals surface area (Å²) < 4.78 is 26.4. The first-order chi connectivity index (χ1) is 12.1. The summed E-state index contributed by atoms with van der Waals surface area (Å²) in [6, 6.07) is 1.54. The molecule has 3 rings (SSSR count). The topological polar surface area (TPSA) is 91.0 Å². The highest BCUT2D eigenvalue weighted by Crippen LogP contribution is 2.29. The monoisotopic (exact) mass is 417 g/mol. The molecule has 0 radical (unpaired) electrons. The fraction of sp³-hybridized carbons (Fsp3) is 0.438. The molecule has 1 aliphatic heterocycles. The van der Waals surface area contributed by atoms with Gasteiger partial charge in [-0.2, -0.15) is 5.10 Å². The highest BCUT2D eigenvalue weighted by molar-refractivity contribution is 7.91. The molecule has 1 atom stereocenters. The largest absolute Gasteiger partial charge is 0.344 e. The Labute approximate surface area is 160 Å². The van der Waals surface area contributed by atoms with Crippen LogP contribution in [-0.4, -0.2) is 40.1 Å². The van der Waals surface area contributed by atoms with E-state index < -0.39 is 15.4 Å². The SMILES string of the molecule is Cc1cc(C(=O)Cn2ncc(Cl)c(Cl)c2=O)c(C)n1[C@@H]1CCS(=O)(=O)C1. The second kappa shape index (κ2) is 6.83. The molecule has 3 heterocycles. The predicted octanol–water partition coefficient (Wildman–Crippen LogP) is 2.21. The second-order valence-electron chi connectivity index (χ2n) is 6.40. The summed E-state index contributed by atoms with van der Waals surface area (Å²) in [6.07, 6.45) is 1.74. The van der Waals surface area contributed by atoms with Crippen molar-refractivity contribution in [2.75, 3.05) is 11.5 Å². The van der Waals surface area contributed by atoms with Crippen LogP contribution < -0.4 is 5.56 Å². The third-order valence-electron chi connectivity index (χ3n) is 4.59. The van der Waals surface area contributed by atoms with E-state index in [0.717, 1.165) is 10.4 Å². The lowest BCUT2D eigenvalue weighted by Crippen LogP contribution is -2.27. The van der Waals surface area contributed by atoms with Crippen molar-refractivity contribution in [2.45, 2.75) is 32.9 Å². The van der Waals surface area contributed by atoms with Gasteiger partial charge in [-0.15, -0.1) is 0 Å². The Hall–Kier alpha value is -1.64. The third-order valence-corrected chi connectivity index (χ3v) is 7.09. The van der Waals surface area contributed by atoms with Gasteiger partial charge in [0.15, 0.2) is 15.6 Å². The van der Waals surface area contributed by atoms with Crippen molar-refractivity contribution >= 4 is 38.8 Å². The number of halogens is 2. The number of nitrogens with zero attached hydrogens (tertiary/aromatic N) is 3. The van der Waals surface area contributed by atoms with Crippen LogP contribution >= 0.6 is 23.2 Å². The molecule has 0 amide bonds. The maximum absolute atomic E-state index is 12.7.